The molecule has 1 aliphatic heterocycles. The van der Waals surface area contributed by atoms with Crippen LogP contribution in [-0.2, 0) is 11.2 Å². The monoisotopic (exact) mass is 252 g/mol. The molecule has 1 unspecified atom stereocenters. The van der Waals surface area contributed by atoms with Crippen molar-refractivity contribution < 1.29 is 9.53 Å². The minimum absolute atomic E-state index is 0.0297. The van der Waals surface area contributed by atoms with Crippen LogP contribution in [0.1, 0.15) is 28.8 Å². The summed E-state index contributed by atoms with van der Waals surface area (Å²) in [5.74, 6) is 0.580. The number of pyridine rings is 1. The lowest BCUT2D eigenvalue weighted by Crippen LogP contribution is -2.30. The van der Waals surface area contributed by atoms with Gasteiger partial charge in [0.1, 0.15) is 11.3 Å². The van der Waals surface area contributed by atoms with E-state index in [-0.39, 0.29) is 11.5 Å². The predicted molar refractivity (Wildman–Crippen MR) is 64.4 cm³/mol. The number of halogens is 1. The molecule has 1 atom stereocenters. The van der Waals surface area contributed by atoms with Gasteiger partial charge in [0.15, 0.2) is 0 Å². The highest BCUT2D eigenvalue weighted by Gasteiger charge is 2.39. The number of alkyl halides is 1. The number of nitrogens with zero attached hydrogens (tertiary/aromatic N) is 2. The number of anilines is 1. The van der Waals surface area contributed by atoms with E-state index in [0.29, 0.717) is 11.6 Å². The lowest BCUT2D eigenvalue weighted by Gasteiger charge is -2.21. The van der Waals surface area contributed by atoms with Gasteiger partial charge in [-0.05, 0) is 24.5 Å². The first-order valence-corrected chi connectivity index (χ1v) is 6.14. The largest absolute Gasteiger partial charge is 0.465 e. The molecule has 2 aliphatic rings. The molecule has 0 amide bonds. The van der Waals surface area contributed by atoms with E-state index in [4.69, 9.17) is 11.6 Å². The first-order chi connectivity index (χ1) is 8.20. The van der Waals surface area contributed by atoms with Crippen molar-refractivity contribution in [2.24, 2.45) is 0 Å². The van der Waals surface area contributed by atoms with E-state index in [1.54, 1.807) is 6.20 Å². The van der Waals surface area contributed by atoms with Crippen LogP contribution in [0.4, 0.5) is 5.82 Å². The number of carbonyl (C=O) groups is 1. The highest BCUT2D eigenvalue weighted by atomic mass is 35.5. The Morgan fingerprint density at radius 3 is 3.00 bits per heavy atom. The zero-order valence-corrected chi connectivity index (χ0v) is 10.3. The molecule has 1 aromatic rings. The van der Waals surface area contributed by atoms with Crippen molar-refractivity contribution in [1.82, 2.24) is 4.98 Å². The van der Waals surface area contributed by atoms with Gasteiger partial charge in [-0.3, -0.25) is 0 Å². The normalized spacial score (nSPS) is 22.5. The van der Waals surface area contributed by atoms with Crippen molar-refractivity contribution in [3.63, 3.8) is 0 Å². The summed E-state index contributed by atoms with van der Waals surface area (Å²) in [5.41, 5.74) is 1.51. The zero-order valence-electron chi connectivity index (χ0n) is 9.52. The van der Waals surface area contributed by atoms with Crippen molar-refractivity contribution >= 4 is 23.4 Å². The van der Waals surface area contributed by atoms with Crippen molar-refractivity contribution in [3.8, 4) is 0 Å². The number of esters is 1. The Kier molecular flexibility index (Phi) is 2.47. The maximum Gasteiger partial charge on any atom is 0.339 e. The van der Waals surface area contributed by atoms with Crippen LogP contribution >= 0.6 is 11.6 Å². The summed E-state index contributed by atoms with van der Waals surface area (Å²) < 4.78 is 4.68. The van der Waals surface area contributed by atoms with E-state index in [1.807, 2.05) is 6.07 Å². The molecular weight excluding hydrogens is 240 g/mol. The first-order valence-electron chi connectivity index (χ1n) is 5.70. The van der Waals surface area contributed by atoms with E-state index in [9.17, 15) is 4.79 Å². The Morgan fingerprint density at radius 1 is 1.59 bits per heavy atom. The van der Waals surface area contributed by atoms with Gasteiger partial charge in [-0.25, -0.2) is 9.78 Å². The minimum Gasteiger partial charge on any atom is -0.465 e. The van der Waals surface area contributed by atoms with Crippen LogP contribution < -0.4 is 4.90 Å². The van der Waals surface area contributed by atoms with Crippen LogP contribution in [0.25, 0.3) is 0 Å². The number of ether oxygens (including phenoxy) is 1. The maximum absolute atomic E-state index is 11.4. The number of aromatic nitrogens is 1. The SMILES string of the molecule is COC(=O)c1cnc2c(c1)CC(Cl)N2C1CC1. The van der Waals surface area contributed by atoms with Crippen molar-refractivity contribution in [1.29, 1.82) is 0 Å². The lowest BCUT2D eigenvalue weighted by molar-refractivity contribution is 0.0600. The fourth-order valence-corrected chi connectivity index (χ4v) is 2.70. The average Bonchev–Trinajstić information content (AvgIpc) is 3.10. The van der Waals surface area contributed by atoms with Crippen LogP contribution in [0.5, 0.6) is 0 Å². The Hall–Kier alpha value is -1.29. The van der Waals surface area contributed by atoms with Gasteiger partial charge in [-0.15, -0.1) is 0 Å². The van der Waals surface area contributed by atoms with Gasteiger partial charge in [-0.1, -0.05) is 11.6 Å². The summed E-state index contributed by atoms with van der Waals surface area (Å²) in [7, 11) is 1.37. The molecule has 0 aromatic carbocycles. The highest BCUT2D eigenvalue weighted by molar-refractivity contribution is 6.22. The Labute approximate surface area is 105 Å². The second-order valence-corrected chi connectivity index (χ2v) is 4.98. The number of fused-ring (bicyclic) bond motifs is 1. The van der Waals surface area contributed by atoms with Crippen LogP contribution in [0.15, 0.2) is 12.3 Å². The standard InChI is InChI=1S/C12H13ClN2O2/c1-17-12(16)8-4-7-5-10(13)15(9-2-3-9)11(7)14-6-8/h4,6,9-10H,2-3,5H2,1H3. The van der Waals surface area contributed by atoms with E-state index < -0.39 is 0 Å². The van der Waals surface area contributed by atoms with Crippen molar-refractivity contribution in [2.75, 3.05) is 12.0 Å². The molecule has 0 saturated heterocycles. The molecule has 0 bridgehead atoms. The number of methoxy groups -OCH3 is 1. The van der Waals surface area contributed by atoms with E-state index in [2.05, 4.69) is 14.6 Å². The zero-order chi connectivity index (χ0) is 12.0. The van der Waals surface area contributed by atoms with E-state index in [0.717, 1.165) is 17.8 Å². The number of rotatable bonds is 2. The molecule has 1 aromatic heterocycles. The molecule has 0 radical (unpaired) electrons. The van der Waals surface area contributed by atoms with Crippen LogP contribution in [0, 0.1) is 0 Å². The smallest absolute Gasteiger partial charge is 0.339 e. The molecule has 17 heavy (non-hydrogen) atoms. The summed E-state index contributed by atoms with van der Waals surface area (Å²) in [4.78, 5) is 17.9. The van der Waals surface area contributed by atoms with Gasteiger partial charge in [0.05, 0.1) is 12.7 Å². The highest BCUT2D eigenvalue weighted by Crippen LogP contribution is 2.41. The first kappa shape index (κ1) is 10.8. The Morgan fingerprint density at radius 2 is 2.35 bits per heavy atom. The second-order valence-electron chi connectivity index (χ2n) is 4.48. The molecule has 1 aliphatic carbocycles. The summed E-state index contributed by atoms with van der Waals surface area (Å²) in [5, 5.41) is 0. The number of hydrogen-bond acceptors (Lipinski definition) is 4. The van der Waals surface area contributed by atoms with Gasteiger partial charge in [-0.2, -0.15) is 0 Å². The quantitative estimate of drug-likeness (QED) is 0.458. The third kappa shape index (κ3) is 1.76. The molecule has 0 spiro atoms. The fourth-order valence-electron chi connectivity index (χ4n) is 2.28. The van der Waals surface area contributed by atoms with Crippen LogP contribution in [0.2, 0.25) is 0 Å². The third-order valence-electron chi connectivity index (χ3n) is 3.24. The molecule has 2 heterocycles. The molecular formula is C12H13ClN2O2. The van der Waals surface area contributed by atoms with Crippen molar-refractivity contribution in [3.05, 3.63) is 23.4 Å². The summed E-state index contributed by atoms with van der Waals surface area (Å²) >= 11 is 6.31. The van der Waals surface area contributed by atoms with Crippen LogP contribution in [-0.4, -0.2) is 29.6 Å². The molecule has 5 heteroatoms. The summed E-state index contributed by atoms with van der Waals surface area (Å²) in [6.07, 6.45) is 4.67. The fraction of sp³-hybridized carbons (Fsp3) is 0.500. The van der Waals surface area contributed by atoms with Gasteiger partial charge in [0.2, 0.25) is 0 Å². The number of hydrogen-bond donors (Lipinski definition) is 0. The molecule has 3 rings (SSSR count). The van der Waals surface area contributed by atoms with Crippen LogP contribution in [0.3, 0.4) is 0 Å². The van der Waals surface area contributed by atoms with Gasteiger partial charge < -0.3 is 9.64 Å². The van der Waals surface area contributed by atoms with E-state index >= 15 is 0 Å². The van der Waals surface area contributed by atoms with Gasteiger partial charge in [0.25, 0.3) is 0 Å². The van der Waals surface area contributed by atoms with Gasteiger partial charge in [0, 0.05) is 18.7 Å². The third-order valence-corrected chi connectivity index (χ3v) is 3.60. The van der Waals surface area contributed by atoms with Crippen molar-refractivity contribution in [2.45, 2.75) is 30.8 Å². The van der Waals surface area contributed by atoms with Gasteiger partial charge >= 0.3 is 5.97 Å². The van der Waals surface area contributed by atoms with E-state index in [1.165, 1.54) is 20.0 Å². The molecule has 1 fully saturated rings. The average molecular weight is 253 g/mol. The minimum atomic E-state index is -0.351. The lowest BCUT2D eigenvalue weighted by atomic mass is 10.2. The Balaban J connectivity index is 1.95. The molecule has 0 N–H and O–H groups in total. The molecule has 4 nitrogen and oxygen atoms in total. The molecule has 90 valence electrons. The molecule has 1 saturated carbocycles. The Bertz CT molecular complexity index is 474. The second kappa shape index (κ2) is 3.88. The number of carbonyl (C=O) groups excluding carboxylic acids is 1. The predicted octanol–water partition coefficient (Wildman–Crippen LogP) is 1.96. The maximum atomic E-state index is 11.4. The summed E-state index contributed by atoms with van der Waals surface area (Å²) in [6, 6.07) is 2.38. The summed E-state index contributed by atoms with van der Waals surface area (Å²) in [6.45, 7) is 0. The topological polar surface area (TPSA) is 42.4 Å².